The van der Waals surface area contributed by atoms with Crippen LogP contribution in [0, 0.1) is 0 Å². The van der Waals surface area contributed by atoms with Gasteiger partial charge in [0.1, 0.15) is 11.4 Å². The van der Waals surface area contributed by atoms with E-state index in [-0.39, 0.29) is 5.91 Å². The van der Waals surface area contributed by atoms with Crippen LogP contribution in [0.4, 0.5) is 5.69 Å². The van der Waals surface area contributed by atoms with Gasteiger partial charge in [0.05, 0.1) is 6.61 Å². The van der Waals surface area contributed by atoms with Gasteiger partial charge in [0, 0.05) is 18.8 Å². The number of ether oxygens (including phenoxy) is 2. The van der Waals surface area contributed by atoms with E-state index < -0.39 is 5.60 Å². The van der Waals surface area contributed by atoms with Crippen molar-refractivity contribution in [3.8, 4) is 5.75 Å². The predicted molar refractivity (Wildman–Crippen MR) is 115 cm³/mol. The molecule has 0 unspecified atom stereocenters. The molecule has 1 saturated heterocycles. The van der Waals surface area contributed by atoms with E-state index in [0.29, 0.717) is 13.0 Å². The van der Waals surface area contributed by atoms with Gasteiger partial charge in [-0.15, -0.1) is 0 Å². The molecule has 1 heterocycles. The van der Waals surface area contributed by atoms with E-state index in [0.717, 1.165) is 37.4 Å². The average Bonchev–Trinajstić information content (AvgIpc) is 2.96. The summed E-state index contributed by atoms with van der Waals surface area (Å²) in [5.74, 6) is 0.748. The number of carbonyl (C=O) groups excluding carboxylic acids is 1. The van der Waals surface area contributed by atoms with E-state index in [1.54, 1.807) is 0 Å². The number of nitrogens with zero attached hydrogens (tertiary/aromatic N) is 1. The molecule has 0 radical (unpaired) electrons. The molecular formula is C23H38N2O3. The van der Waals surface area contributed by atoms with Crippen LogP contribution in [0.15, 0.2) is 24.3 Å². The third kappa shape index (κ3) is 7.44. The number of carbonyl (C=O) groups is 1. The first-order valence-corrected chi connectivity index (χ1v) is 11.0. The fourth-order valence-corrected chi connectivity index (χ4v) is 3.78. The van der Waals surface area contributed by atoms with E-state index in [1.165, 1.54) is 38.8 Å². The number of nitrogens with one attached hydrogen (secondary N) is 1. The summed E-state index contributed by atoms with van der Waals surface area (Å²) in [6.07, 6.45) is 8.04. The molecule has 1 atom stereocenters. The maximum Gasteiger partial charge on any atom is 0.256 e. The molecule has 1 aliphatic rings. The number of rotatable bonds is 11. The Morgan fingerprint density at radius 1 is 1.11 bits per heavy atom. The number of benzene rings is 1. The van der Waals surface area contributed by atoms with Crippen molar-refractivity contribution >= 4 is 11.6 Å². The first-order valence-electron chi connectivity index (χ1n) is 11.0. The van der Waals surface area contributed by atoms with Crippen molar-refractivity contribution in [2.45, 2.75) is 71.3 Å². The SMILES string of the molecule is CCC[C@@](C)(OCC)C(=O)Nc1ccc(OCCCN2CCCCCC2)cc1. The lowest BCUT2D eigenvalue weighted by molar-refractivity contribution is -0.139. The van der Waals surface area contributed by atoms with Crippen LogP contribution in [-0.4, -0.2) is 49.3 Å². The van der Waals surface area contributed by atoms with Gasteiger partial charge in [-0.2, -0.15) is 0 Å². The van der Waals surface area contributed by atoms with Crippen molar-refractivity contribution in [2.75, 3.05) is 38.2 Å². The fourth-order valence-electron chi connectivity index (χ4n) is 3.78. The zero-order valence-electron chi connectivity index (χ0n) is 18.0. The van der Waals surface area contributed by atoms with Gasteiger partial charge in [-0.1, -0.05) is 26.2 Å². The maximum atomic E-state index is 12.6. The highest BCUT2D eigenvalue weighted by molar-refractivity contribution is 5.97. The lowest BCUT2D eigenvalue weighted by Crippen LogP contribution is -2.42. The predicted octanol–water partition coefficient (Wildman–Crippen LogP) is 4.87. The van der Waals surface area contributed by atoms with Gasteiger partial charge in [-0.3, -0.25) is 4.79 Å². The molecule has 1 aliphatic heterocycles. The summed E-state index contributed by atoms with van der Waals surface area (Å²) in [4.78, 5) is 15.2. The van der Waals surface area contributed by atoms with E-state index in [2.05, 4.69) is 17.1 Å². The third-order valence-corrected chi connectivity index (χ3v) is 5.37. The molecule has 0 aromatic heterocycles. The van der Waals surface area contributed by atoms with Crippen molar-refractivity contribution in [3.63, 3.8) is 0 Å². The van der Waals surface area contributed by atoms with Gasteiger partial charge < -0.3 is 19.7 Å². The summed E-state index contributed by atoms with van der Waals surface area (Å²) >= 11 is 0. The molecule has 0 saturated carbocycles. The van der Waals surface area contributed by atoms with Gasteiger partial charge in [0.15, 0.2) is 0 Å². The second-order valence-electron chi connectivity index (χ2n) is 7.85. The lowest BCUT2D eigenvalue weighted by atomic mass is 9.99. The molecule has 28 heavy (non-hydrogen) atoms. The number of hydrogen-bond donors (Lipinski definition) is 1. The summed E-state index contributed by atoms with van der Waals surface area (Å²) in [6, 6.07) is 7.61. The summed E-state index contributed by atoms with van der Waals surface area (Å²) < 4.78 is 11.6. The third-order valence-electron chi connectivity index (χ3n) is 5.37. The Balaban J connectivity index is 1.75. The van der Waals surface area contributed by atoms with Crippen molar-refractivity contribution < 1.29 is 14.3 Å². The largest absolute Gasteiger partial charge is 0.494 e. The topological polar surface area (TPSA) is 50.8 Å². The molecule has 1 aromatic carbocycles. The molecular weight excluding hydrogens is 352 g/mol. The first-order chi connectivity index (χ1) is 13.6. The molecule has 0 spiro atoms. The van der Waals surface area contributed by atoms with Crippen molar-refractivity contribution in [1.82, 2.24) is 4.90 Å². The van der Waals surface area contributed by atoms with Crippen LogP contribution in [0.3, 0.4) is 0 Å². The highest BCUT2D eigenvalue weighted by atomic mass is 16.5. The number of hydrogen-bond acceptors (Lipinski definition) is 4. The Bertz CT molecular complexity index is 560. The van der Waals surface area contributed by atoms with Crippen LogP contribution < -0.4 is 10.1 Å². The zero-order valence-corrected chi connectivity index (χ0v) is 18.0. The van der Waals surface area contributed by atoms with Crippen LogP contribution >= 0.6 is 0 Å². The monoisotopic (exact) mass is 390 g/mol. The molecule has 0 aliphatic carbocycles. The summed E-state index contributed by atoms with van der Waals surface area (Å²) in [5.41, 5.74) is -0.0182. The molecule has 1 fully saturated rings. The quantitative estimate of drug-likeness (QED) is 0.548. The first kappa shape index (κ1) is 22.7. The standard InChI is InChI=1S/C23H38N2O3/c1-4-15-23(3,28-5-2)22(26)24-20-11-13-21(14-12-20)27-19-10-18-25-16-8-6-7-9-17-25/h11-14H,4-10,15-19H2,1-3H3,(H,24,26)/t23-/m1/s1. The molecule has 1 N–H and O–H groups in total. The van der Waals surface area contributed by atoms with E-state index in [4.69, 9.17) is 9.47 Å². The van der Waals surface area contributed by atoms with Crippen LogP contribution in [0.25, 0.3) is 0 Å². The molecule has 0 bridgehead atoms. The minimum atomic E-state index is -0.786. The molecule has 5 heteroatoms. The summed E-state index contributed by atoms with van der Waals surface area (Å²) in [6.45, 7) is 10.7. The highest BCUT2D eigenvalue weighted by Gasteiger charge is 2.32. The number of amides is 1. The van der Waals surface area contributed by atoms with Crippen molar-refractivity contribution in [1.29, 1.82) is 0 Å². The molecule has 2 rings (SSSR count). The average molecular weight is 391 g/mol. The van der Waals surface area contributed by atoms with Crippen LogP contribution in [0.2, 0.25) is 0 Å². The second-order valence-corrected chi connectivity index (χ2v) is 7.85. The molecule has 5 nitrogen and oxygen atoms in total. The van der Waals surface area contributed by atoms with Gasteiger partial charge in [-0.05, 0) is 76.9 Å². The van der Waals surface area contributed by atoms with Crippen LogP contribution in [-0.2, 0) is 9.53 Å². The second kappa shape index (κ2) is 12.1. The van der Waals surface area contributed by atoms with Crippen molar-refractivity contribution in [3.05, 3.63) is 24.3 Å². The fraction of sp³-hybridized carbons (Fsp3) is 0.696. The van der Waals surface area contributed by atoms with Gasteiger partial charge >= 0.3 is 0 Å². The number of likely N-dealkylation sites (tertiary alicyclic amines) is 1. The van der Waals surface area contributed by atoms with Gasteiger partial charge in [0.25, 0.3) is 5.91 Å². The van der Waals surface area contributed by atoms with Gasteiger partial charge in [0.2, 0.25) is 0 Å². The Labute approximate surface area is 170 Å². The summed E-state index contributed by atoms with van der Waals surface area (Å²) in [5, 5.41) is 2.97. The molecule has 1 amide bonds. The van der Waals surface area contributed by atoms with Crippen molar-refractivity contribution in [2.24, 2.45) is 0 Å². The van der Waals surface area contributed by atoms with E-state index in [9.17, 15) is 4.79 Å². The van der Waals surface area contributed by atoms with E-state index >= 15 is 0 Å². The Kier molecular flexibility index (Phi) is 9.79. The minimum Gasteiger partial charge on any atom is -0.494 e. The Morgan fingerprint density at radius 3 is 2.39 bits per heavy atom. The summed E-state index contributed by atoms with van der Waals surface area (Å²) in [7, 11) is 0. The van der Waals surface area contributed by atoms with E-state index in [1.807, 2.05) is 38.1 Å². The number of anilines is 1. The van der Waals surface area contributed by atoms with Crippen LogP contribution in [0.5, 0.6) is 5.75 Å². The Morgan fingerprint density at radius 2 is 1.79 bits per heavy atom. The van der Waals surface area contributed by atoms with Gasteiger partial charge in [-0.25, -0.2) is 0 Å². The minimum absolute atomic E-state index is 0.0951. The molecule has 158 valence electrons. The zero-order chi connectivity index (χ0) is 20.2. The molecule has 1 aromatic rings. The lowest BCUT2D eigenvalue weighted by Gasteiger charge is -2.27. The Hall–Kier alpha value is -1.59. The highest BCUT2D eigenvalue weighted by Crippen LogP contribution is 2.22. The maximum absolute atomic E-state index is 12.6. The van der Waals surface area contributed by atoms with Crippen LogP contribution in [0.1, 0.15) is 65.7 Å². The normalized spacial score (nSPS) is 17.5. The smallest absolute Gasteiger partial charge is 0.256 e.